The van der Waals surface area contributed by atoms with Crippen molar-refractivity contribution in [3.8, 4) is 0 Å². The maximum atomic E-state index is 9.79. The maximum absolute atomic E-state index is 9.79. The van der Waals surface area contributed by atoms with E-state index in [0.29, 0.717) is 0 Å². The van der Waals surface area contributed by atoms with E-state index >= 15 is 0 Å². The largest absolute Gasteiger partial charge is 2.00 e. The van der Waals surface area contributed by atoms with E-state index in [9.17, 15) is 19.8 Å². The van der Waals surface area contributed by atoms with Gasteiger partial charge < -0.3 is 36.6 Å². The van der Waals surface area contributed by atoms with Crippen LogP contribution in [0.2, 0.25) is 0 Å². The van der Waals surface area contributed by atoms with Gasteiger partial charge in [-0.15, -0.1) is 0 Å². The summed E-state index contributed by atoms with van der Waals surface area (Å²) in [6.45, 7) is 10.5. The van der Waals surface area contributed by atoms with Crippen molar-refractivity contribution in [2.75, 3.05) is 0 Å². The van der Waals surface area contributed by atoms with Crippen LogP contribution in [-0.2, 0) is 21.1 Å². The van der Waals surface area contributed by atoms with E-state index in [-0.39, 0.29) is 27.2 Å². The molecule has 0 unspecified atom stereocenters. The molecule has 0 saturated heterocycles. The molecular weight excluding hydrogens is 591 g/mol. The molecule has 9 heteroatoms. The molecule has 2 amide bonds. The fraction of sp³-hybridized carbons (Fsp3) is 0.348. The molecular formula is C23H32N4O4Pt. The third-order valence-corrected chi connectivity index (χ3v) is 3.45. The van der Waals surface area contributed by atoms with E-state index in [1.165, 1.54) is 16.2 Å². The van der Waals surface area contributed by atoms with Crippen molar-refractivity contribution >= 4 is 33.9 Å². The van der Waals surface area contributed by atoms with E-state index < -0.39 is 23.3 Å². The number of fused-ring (bicyclic) bond motifs is 3. The number of carbonyl (C=O) groups excluding carboxylic acids is 2. The minimum Gasteiger partial charge on any atom is -0.530 e. The number of pyridine rings is 1. The topological polar surface area (TPSA) is 152 Å². The van der Waals surface area contributed by atoms with Crippen LogP contribution in [0.4, 0.5) is 9.59 Å². The molecule has 0 bridgehead atoms. The molecule has 5 N–H and O–H groups in total. The second-order valence-electron chi connectivity index (χ2n) is 8.69. The fourth-order valence-corrected chi connectivity index (χ4v) is 2.42. The minimum absolute atomic E-state index is 0. The molecule has 0 atom stereocenters. The summed E-state index contributed by atoms with van der Waals surface area (Å²) in [5.74, 6) is 0. The first-order valence-electron chi connectivity index (χ1n) is 9.49. The molecule has 0 radical (unpaired) electrons. The van der Waals surface area contributed by atoms with Gasteiger partial charge in [0.1, 0.15) is 12.2 Å². The maximum Gasteiger partial charge on any atom is 2.00 e. The van der Waals surface area contributed by atoms with Gasteiger partial charge in [-0.2, -0.15) is 0 Å². The first kappa shape index (κ1) is 31.5. The van der Waals surface area contributed by atoms with Crippen molar-refractivity contribution in [3.63, 3.8) is 0 Å². The first-order valence-corrected chi connectivity index (χ1v) is 9.49. The molecule has 178 valence electrons. The monoisotopic (exact) mass is 623 g/mol. The molecule has 0 saturated carbocycles. The average molecular weight is 624 g/mol. The number of nitrogens with one attached hydrogen (secondary N) is 2. The number of rotatable bonds is 0. The van der Waals surface area contributed by atoms with E-state index in [4.69, 9.17) is 0 Å². The Bertz CT molecular complexity index is 918. The zero-order chi connectivity index (χ0) is 22.9. The molecule has 3 rings (SSSR count). The van der Waals surface area contributed by atoms with Crippen molar-refractivity contribution in [2.45, 2.75) is 52.6 Å². The Labute approximate surface area is 203 Å². The van der Waals surface area contributed by atoms with Gasteiger partial charge in [0, 0.05) is 28.0 Å². The van der Waals surface area contributed by atoms with E-state index in [0.717, 1.165) is 5.52 Å². The number of aromatic nitrogens is 1. The number of carboxylic acid groups (broad SMARTS) is 2. The van der Waals surface area contributed by atoms with Crippen LogP contribution < -0.4 is 27.0 Å². The van der Waals surface area contributed by atoms with Gasteiger partial charge in [0.25, 0.3) is 0 Å². The smallest absolute Gasteiger partial charge is 0.530 e. The Morgan fingerprint density at radius 3 is 1.56 bits per heavy atom. The van der Waals surface area contributed by atoms with Gasteiger partial charge in [0.2, 0.25) is 0 Å². The summed E-state index contributed by atoms with van der Waals surface area (Å²) < 4.78 is 0. The molecule has 32 heavy (non-hydrogen) atoms. The van der Waals surface area contributed by atoms with Gasteiger partial charge in [0.05, 0.1) is 5.52 Å². The molecule has 0 aliphatic rings. The van der Waals surface area contributed by atoms with Crippen LogP contribution in [0.25, 0.3) is 21.7 Å². The second-order valence-corrected chi connectivity index (χ2v) is 8.69. The molecule has 0 aliphatic carbocycles. The predicted octanol–water partition coefficient (Wildman–Crippen LogP) is 2.98. The number of amides is 2. The third kappa shape index (κ3) is 12.9. The summed E-state index contributed by atoms with van der Waals surface area (Å²) in [5, 5.41) is 27.7. The van der Waals surface area contributed by atoms with Gasteiger partial charge in [-0.3, -0.25) is 4.98 Å². The van der Waals surface area contributed by atoms with Crippen LogP contribution in [0.15, 0.2) is 54.7 Å². The Balaban J connectivity index is 0. The normalized spacial score (nSPS) is 10.2. The summed E-state index contributed by atoms with van der Waals surface area (Å²) in [4.78, 5) is 24.0. The van der Waals surface area contributed by atoms with Gasteiger partial charge in [-0.1, -0.05) is 42.5 Å². The number of para-hydroxylation sites is 1. The van der Waals surface area contributed by atoms with Gasteiger partial charge in [-0.05, 0) is 53.0 Å². The van der Waals surface area contributed by atoms with E-state index in [1.807, 2.05) is 24.4 Å². The average Bonchev–Trinajstić information content (AvgIpc) is 2.58. The quantitative estimate of drug-likeness (QED) is 0.328. The number of hydrogen-bond donors (Lipinski definition) is 3. The Hall–Kier alpha value is -2.70. The zero-order valence-corrected chi connectivity index (χ0v) is 21.6. The summed E-state index contributed by atoms with van der Waals surface area (Å²) in [7, 11) is 0. The Morgan fingerprint density at radius 1 is 0.750 bits per heavy atom. The Kier molecular flexibility index (Phi) is 13.4. The van der Waals surface area contributed by atoms with E-state index in [2.05, 4.69) is 45.9 Å². The second kappa shape index (κ2) is 13.7. The fourth-order valence-electron chi connectivity index (χ4n) is 2.42. The van der Waals surface area contributed by atoms with Crippen molar-refractivity contribution in [3.05, 3.63) is 54.7 Å². The third-order valence-electron chi connectivity index (χ3n) is 3.45. The van der Waals surface area contributed by atoms with Crippen molar-refractivity contribution in [1.29, 1.82) is 0 Å². The van der Waals surface area contributed by atoms with E-state index in [1.54, 1.807) is 41.5 Å². The molecule has 8 nitrogen and oxygen atoms in total. The van der Waals surface area contributed by atoms with Crippen LogP contribution in [0.1, 0.15) is 41.5 Å². The van der Waals surface area contributed by atoms with Gasteiger partial charge in [-0.25, -0.2) is 0 Å². The summed E-state index contributed by atoms with van der Waals surface area (Å²) >= 11 is 0. The molecule has 0 fully saturated rings. The number of nitrogens with zero attached hydrogens (tertiary/aromatic N) is 1. The standard InChI is InChI=1S/C13H9N.2C5H11NO2.H3N.Pt/c1-2-6-11-10(5-1)9-14-13-8-4-3-7-12(11)13;2*1-5(2,3)6-4(7)8;;/h1-9H;2*6H,1-3H3,(H,7,8);1H3;/q;;;;+2/p-2. The van der Waals surface area contributed by atoms with Gasteiger partial charge in [0.15, 0.2) is 0 Å². The van der Waals surface area contributed by atoms with Gasteiger partial charge >= 0.3 is 21.1 Å². The van der Waals surface area contributed by atoms with Crippen LogP contribution in [0.5, 0.6) is 0 Å². The summed E-state index contributed by atoms with van der Waals surface area (Å²) in [5.41, 5.74) is 0.281. The van der Waals surface area contributed by atoms with Crippen LogP contribution in [-0.4, -0.2) is 28.2 Å². The SMILES string of the molecule is CC(C)(C)NC(=O)[O-].CC(C)(C)NC(=O)[O-].N.[Pt+2].c1ccc2c(c1)cnc1ccccc12. The predicted molar refractivity (Wildman–Crippen MR) is 121 cm³/mol. The summed E-state index contributed by atoms with van der Waals surface area (Å²) in [6, 6.07) is 16.6. The molecule has 1 aromatic heterocycles. The minimum atomic E-state index is -1.22. The van der Waals surface area contributed by atoms with Crippen LogP contribution in [0.3, 0.4) is 0 Å². The van der Waals surface area contributed by atoms with Crippen LogP contribution >= 0.6 is 0 Å². The number of benzene rings is 2. The number of hydrogen-bond acceptors (Lipinski definition) is 6. The van der Waals surface area contributed by atoms with Crippen LogP contribution in [0, 0.1) is 0 Å². The molecule has 2 aromatic carbocycles. The zero-order valence-electron chi connectivity index (χ0n) is 19.3. The molecule has 0 aliphatic heterocycles. The van der Waals surface area contributed by atoms with Crippen molar-refractivity contribution < 1.29 is 40.9 Å². The first-order chi connectivity index (χ1) is 13.8. The molecule has 3 aromatic rings. The van der Waals surface area contributed by atoms with Crippen molar-refractivity contribution in [1.82, 2.24) is 21.8 Å². The summed E-state index contributed by atoms with van der Waals surface area (Å²) in [6.07, 6.45) is -0.521. The Morgan fingerprint density at radius 2 is 1.16 bits per heavy atom. The number of carbonyl (C=O) groups is 2. The molecule has 1 heterocycles. The van der Waals surface area contributed by atoms with Crippen molar-refractivity contribution in [2.24, 2.45) is 0 Å². The molecule has 0 spiro atoms.